The van der Waals surface area contributed by atoms with Gasteiger partial charge in [0, 0.05) is 12.6 Å². The molecule has 2 rings (SSSR count). The average Bonchev–Trinajstić information content (AvgIpc) is 3.12. The van der Waals surface area contributed by atoms with Gasteiger partial charge in [-0.05, 0) is 12.5 Å². The lowest BCUT2D eigenvalue weighted by molar-refractivity contribution is -0.156. The first-order chi connectivity index (χ1) is 16.5. The van der Waals surface area contributed by atoms with Gasteiger partial charge in [0.15, 0.2) is 12.3 Å². The maximum Gasteiger partial charge on any atom is 0.351 e. The van der Waals surface area contributed by atoms with Crippen LogP contribution in [0.15, 0.2) is 17.1 Å². The fourth-order valence-corrected chi connectivity index (χ4v) is 4.36. The van der Waals surface area contributed by atoms with Crippen molar-refractivity contribution in [2.45, 2.75) is 121 Å². The zero-order valence-corrected chi connectivity index (χ0v) is 20.6. The van der Waals surface area contributed by atoms with Gasteiger partial charge in [-0.15, -0.1) is 0 Å². The molecular formula is C25H43N3O6. The first kappa shape index (κ1) is 28.3. The van der Waals surface area contributed by atoms with E-state index in [0.29, 0.717) is 6.42 Å². The van der Waals surface area contributed by atoms with Crippen LogP contribution in [-0.2, 0) is 14.3 Å². The lowest BCUT2D eigenvalue weighted by Crippen LogP contribution is -2.39. The van der Waals surface area contributed by atoms with Crippen molar-refractivity contribution in [1.29, 1.82) is 0 Å². The minimum absolute atomic E-state index is 0.0493. The summed E-state index contributed by atoms with van der Waals surface area (Å²) >= 11 is 0. The fourth-order valence-electron chi connectivity index (χ4n) is 4.36. The minimum Gasteiger partial charge on any atom is -0.457 e. The number of unbranched alkanes of at least 4 members (excludes halogenated alkanes) is 12. The highest BCUT2D eigenvalue weighted by Crippen LogP contribution is 2.30. The molecule has 0 saturated carbocycles. The van der Waals surface area contributed by atoms with E-state index < -0.39 is 42.8 Å². The second-order valence-corrected chi connectivity index (χ2v) is 9.23. The van der Waals surface area contributed by atoms with Crippen molar-refractivity contribution in [1.82, 2.24) is 9.55 Å². The fraction of sp³-hybridized carbons (Fsp3) is 0.800. The third-order valence-corrected chi connectivity index (χ3v) is 6.37. The van der Waals surface area contributed by atoms with E-state index in [1.165, 1.54) is 76.5 Å². The zero-order chi connectivity index (χ0) is 24.8. The molecule has 4 N–H and O–H groups in total. The second kappa shape index (κ2) is 15.8. The Hall–Kier alpha value is -1.97. The molecule has 0 radical (unpaired) electrons. The standard InChI is InChI=1S/C25H43N3O6/c1-2-3-4-5-6-7-8-9-10-11-12-13-14-15-21(30)34-23-19(18-29)33-24(22(23)31)28-17-16-20(26)27-25(28)32/h16-17,19,22-24,29,31H,2-15,18H2,1H3,(H2,26,27,32)/t19-,22+,23-,24-/m1/s1. The number of carbonyl (C=O) groups excluding carboxylic acids is 1. The predicted molar refractivity (Wildman–Crippen MR) is 130 cm³/mol. The number of anilines is 1. The highest BCUT2D eigenvalue weighted by molar-refractivity contribution is 5.69. The molecule has 0 spiro atoms. The lowest BCUT2D eigenvalue weighted by Gasteiger charge is -2.20. The Morgan fingerprint density at radius 1 is 1.06 bits per heavy atom. The molecule has 0 aliphatic carbocycles. The van der Waals surface area contributed by atoms with Gasteiger partial charge in [0.1, 0.15) is 18.0 Å². The van der Waals surface area contributed by atoms with Crippen molar-refractivity contribution in [3.63, 3.8) is 0 Å². The Labute approximate surface area is 202 Å². The maximum atomic E-state index is 12.3. The Balaban J connectivity index is 1.61. The molecule has 2 heterocycles. The summed E-state index contributed by atoms with van der Waals surface area (Å²) in [5.74, 6) is -0.397. The molecule has 1 aromatic rings. The number of hydrogen-bond donors (Lipinski definition) is 3. The monoisotopic (exact) mass is 481 g/mol. The quantitative estimate of drug-likeness (QED) is 0.227. The summed E-state index contributed by atoms with van der Waals surface area (Å²) < 4.78 is 12.1. The van der Waals surface area contributed by atoms with Crippen LogP contribution < -0.4 is 11.4 Å². The molecule has 1 fully saturated rings. The van der Waals surface area contributed by atoms with Gasteiger partial charge in [-0.25, -0.2) is 4.79 Å². The Morgan fingerprint density at radius 3 is 2.15 bits per heavy atom. The van der Waals surface area contributed by atoms with Gasteiger partial charge in [0.05, 0.1) is 6.61 Å². The normalized spacial score (nSPS) is 22.2. The largest absolute Gasteiger partial charge is 0.457 e. The van der Waals surface area contributed by atoms with Gasteiger partial charge in [0.2, 0.25) is 0 Å². The van der Waals surface area contributed by atoms with E-state index in [0.717, 1.165) is 17.4 Å². The van der Waals surface area contributed by atoms with E-state index in [4.69, 9.17) is 15.2 Å². The summed E-state index contributed by atoms with van der Waals surface area (Å²) in [5, 5.41) is 20.2. The molecule has 0 amide bonds. The first-order valence-electron chi connectivity index (χ1n) is 13.0. The topological polar surface area (TPSA) is 137 Å². The molecule has 194 valence electrons. The van der Waals surface area contributed by atoms with Crippen molar-refractivity contribution in [3.05, 3.63) is 22.7 Å². The van der Waals surface area contributed by atoms with Gasteiger partial charge in [0.25, 0.3) is 0 Å². The van der Waals surface area contributed by atoms with Crippen LogP contribution in [0.25, 0.3) is 0 Å². The van der Waals surface area contributed by atoms with E-state index in [9.17, 15) is 19.8 Å². The van der Waals surface area contributed by atoms with Crippen molar-refractivity contribution >= 4 is 11.8 Å². The summed E-state index contributed by atoms with van der Waals surface area (Å²) in [4.78, 5) is 28.0. The van der Waals surface area contributed by atoms with Gasteiger partial charge >= 0.3 is 11.7 Å². The predicted octanol–water partition coefficient (Wildman–Crippen LogP) is 3.47. The smallest absolute Gasteiger partial charge is 0.351 e. The van der Waals surface area contributed by atoms with E-state index >= 15 is 0 Å². The van der Waals surface area contributed by atoms with Crippen LogP contribution in [0.1, 0.15) is 103 Å². The van der Waals surface area contributed by atoms with E-state index in [1.807, 2.05) is 0 Å². The number of carbonyl (C=O) groups is 1. The highest BCUT2D eigenvalue weighted by atomic mass is 16.6. The van der Waals surface area contributed by atoms with Gasteiger partial charge < -0.3 is 25.4 Å². The summed E-state index contributed by atoms with van der Waals surface area (Å²) in [7, 11) is 0. The molecule has 1 aromatic heterocycles. The average molecular weight is 482 g/mol. The number of ether oxygens (including phenoxy) is 2. The van der Waals surface area contributed by atoms with Gasteiger partial charge in [-0.1, -0.05) is 84.0 Å². The van der Waals surface area contributed by atoms with Crippen molar-refractivity contribution in [2.24, 2.45) is 0 Å². The van der Waals surface area contributed by atoms with Crippen molar-refractivity contribution < 1.29 is 24.5 Å². The molecule has 9 heteroatoms. The number of aromatic nitrogens is 2. The van der Waals surface area contributed by atoms with E-state index in [1.54, 1.807) is 0 Å². The van der Waals surface area contributed by atoms with Crippen LogP contribution >= 0.6 is 0 Å². The Morgan fingerprint density at radius 2 is 1.62 bits per heavy atom. The SMILES string of the molecule is CCCCCCCCCCCCCCCC(=O)O[C@H]1[C@H](O)[C@H](n2ccc(N)nc2=O)O[C@@H]1CO. The van der Waals surface area contributed by atoms with Gasteiger partial charge in [-0.3, -0.25) is 9.36 Å². The number of aliphatic hydroxyl groups excluding tert-OH is 2. The minimum atomic E-state index is -1.31. The Bertz CT molecular complexity index is 771. The molecule has 34 heavy (non-hydrogen) atoms. The number of aliphatic hydroxyl groups is 2. The molecule has 1 aliphatic heterocycles. The Kier molecular flexibility index (Phi) is 13.2. The third kappa shape index (κ3) is 9.35. The van der Waals surface area contributed by atoms with Crippen LogP contribution in [-0.4, -0.2) is 50.7 Å². The third-order valence-electron chi connectivity index (χ3n) is 6.37. The molecule has 0 aromatic carbocycles. The van der Waals surface area contributed by atoms with E-state index in [-0.39, 0.29) is 12.2 Å². The molecule has 1 saturated heterocycles. The van der Waals surface area contributed by atoms with Crippen LogP contribution in [0, 0.1) is 0 Å². The highest BCUT2D eigenvalue weighted by Gasteiger charge is 2.47. The molecule has 0 unspecified atom stereocenters. The number of hydrogen-bond acceptors (Lipinski definition) is 8. The first-order valence-corrected chi connectivity index (χ1v) is 13.0. The summed E-state index contributed by atoms with van der Waals surface area (Å²) in [6, 6.07) is 1.40. The number of rotatable bonds is 17. The lowest BCUT2D eigenvalue weighted by atomic mass is 10.0. The van der Waals surface area contributed by atoms with Crippen LogP contribution in [0.5, 0.6) is 0 Å². The number of esters is 1. The van der Waals surface area contributed by atoms with Crippen molar-refractivity contribution in [3.8, 4) is 0 Å². The maximum absolute atomic E-state index is 12.3. The molecule has 4 atom stereocenters. The van der Waals surface area contributed by atoms with Crippen LogP contribution in [0.4, 0.5) is 5.82 Å². The van der Waals surface area contributed by atoms with E-state index in [2.05, 4.69) is 11.9 Å². The number of nitrogens with two attached hydrogens (primary N) is 1. The summed E-state index contributed by atoms with van der Waals surface area (Å²) in [6.45, 7) is 1.78. The molecule has 0 bridgehead atoms. The molecule has 9 nitrogen and oxygen atoms in total. The van der Waals surface area contributed by atoms with Crippen LogP contribution in [0.3, 0.4) is 0 Å². The second-order valence-electron chi connectivity index (χ2n) is 9.23. The van der Waals surface area contributed by atoms with Crippen molar-refractivity contribution in [2.75, 3.05) is 12.3 Å². The van der Waals surface area contributed by atoms with Gasteiger partial charge in [-0.2, -0.15) is 4.98 Å². The molecule has 1 aliphatic rings. The summed E-state index contributed by atoms with van der Waals surface area (Å²) in [5.41, 5.74) is 4.80. The number of nitrogen functional groups attached to an aromatic ring is 1. The zero-order valence-electron chi connectivity index (χ0n) is 20.6. The number of nitrogens with zero attached hydrogens (tertiary/aromatic N) is 2. The molecular weight excluding hydrogens is 438 g/mol. The summed E-state index contributed by atoms with van der Waals surface area (Å²) in [6.07, 6.45) is 13.0. The van der Waals surface area contributed by atoms with Crippen LogP contribution in [0.2, 0.25) is 0 Å².